The Kier molecular flexibility index (Phi) is 4.88. The molecule has 116 valence electrons. The third kappa shape index (κ3) is 3.89. The van der Waals surface area contributed by atoms with Crippen molar-refractivity contribution in [2.45, 2.75) is 17.0 Å². The van der Waals surface area contributed by atoms with Crippen LogP contribution >= 0.6 is 23.4 Å². The number of nitrogens with two attached hydrogens (primary N) is 3. The number of aliphatic imine (C=N–C) groups is 2. The number of nitrogens with zero attached hydrogens (tertiary/aromatic N) is 5. The molecule has 0 spiro atoms. The van der Waals surface area contributed by atoms with Crippen molar-refractivity contribution in [1.82, 2.24) is 14.8 Å². The van der Waals surface area contributed by atoms with E-state index in [1.807, 2.05) is 24.6 Å². The van der Waals surface area contributed by atoms with Crippen molar-refractivity contribution in [3.8, 4) is 0 Å². The van der Waals surface area contributed by atoms with Gasteiger partial charge in [0.25, 0.3) is 0 Å². The SMILES string of the molecule is Cc1nnc(Sc2ccc(Cl)cc2N=C(N)N=C(N)N)n1C. The summed E-state index contributed by atoms with van der Waals surface area (Å²) >= 11 is 7.40. The zero-order valence-electron chi connectivity index (χ0n) is 12.0. The molecule has 0 fully saturated rings. The monoisotopic (exact) mass is 338 g/mol. The number of aryl methyl sites for hydroxylation is 1. The molecule has 0 atom stereocenters. The Morgan fingerprint density at radius 1 is 1.27 bits per heavy atom. The van der Waals surface area contributed by atoms with E-state index in [-0.39, 0.29) is 11.9 Å². The van der Waals surface area contributed by atoms with Gasteiger partial charge in [0.1, 0.15) is 5.82 Å². The molecule has 22 heavy (non-hydrogen) atoms. The van der Waals surface area contributed by atoms with Gasteiger partial charge in [-0.05, 0) is 36.9 Å². The van der Waals surface area contributed by atoms with Crippen molar-refractivity contribution in [2.75, 3.05) is 0 Å². The lowest BCUT2D eigenvalue weighted by Gasteiger charge is -2.06. The van der Waals surface area contributed by atoms with Gasteiger partial charge in [-0.2, -0.15) is 4.99 Å². The summed E-state index contributed by atoms with van der Waals surface area (Å²) in [6.07, 6.45) is 0. The Labute approximate surface area is 136 Å². The fourth-order valence-electron chi connectivity index (χ4n) is 1.52. The van der Waals surface area contributed by atoms with Crippen LogP contribution in [-0.2, 0) is 7.05 Å². The number of guanidine groups is 2. The molecule has 6 N–H and O–H groups in total. The highest BCUT2D eigenvalue weighted by molar-refractivity contribution is 7.99. The van der Waals surface area contributed by atoms with Crippen LogP contribution in [0.2, 0.25) is 5.02 Å². The smallest absolute Gasteiger partial charge is 0.223 e. The molecule has 0 aliphatic rings. The minimum absolute atomic E-state index is 0.0572. The van der Waals surface area contributed by atoms with Crippen molar-refractivity contribution in [3.05, 3.63) is 29.0 Å². The molecule has 0 aliphatic heterocycles. The Hall–Kier alpha value is -2.26. The predicted molar refractivity (Wildman–Crippen MR) is 88.4 cm³/mol. The second kappa shape index (κ2) is 6.67. The first kappa shape index (κ1) is 16.1. The molecule has 0 saturated heterocycles. The average molecular weight is 339 g/mol. The van der Waals surface area contributed by atoms with Crippen LogP contribution in [0.25, 0.3) is 0 Å². The van der Waals surface area contributed by atoms with E-state index in [4.69, 9.17) is 28.8 Å². The van der Waals surface area contributed by atoms with Crippen LogP contribution in [0.5, 0.6) is 0 Å². The van der Waals surface area contributed by atoms with E-state index in [0.717, 1.165) is 15.9 Å². The molecule has 1 aromatic carbocycles. The van der Waals surface area contributed by atoms with Gasteiger partial charge in [0.05, 0.1) is 5.69 Å². The Bertz CT molecular complexity index is 748. The van der Waals surface area contributed by atoms with Crippen LogP contribution in [-0.4, -0.2) is 26.7 Å². The summed E-state index contributed by atoms with van der Waals surface area (Å²) in [6.45, 7) is 1.87. The highest BCUT2D eigenvalue weighted by Crippen LogP contribution is 2.36. The molecule has 1 heterocycles. The minimum Gasteiger partial charge on any atom is -0.370 e. The fraction of sp³-hybridized carbons (Fsp3) is 0.167. The van der Waals surface area contributed by atoms with Gasteiger partial charge in [0.2, 0.25) is 5.96 Å². The lowest BCUT2D eigenvalue weighted by molar-refractivity contribution is 0.765. The number of rotatable bonds is 3. The van der Waals surface area contributed by atoms with Gasteiger partial charge >= 0.3 is 0 Å². The maximum Gasteiger partial charge on any atom is 0.223 e. The maximum absolute atomic E-state index is 6.01. The Balaban J connectivity index is 2.40. The number of hydrogen-bond donors (Lipinski definition) is 3. The molecule has 8 nitrogen and oxygen atoms in total. The van der Waals surface area contributed by atoms with Crippen LogP contribution in [0.1, 0.15) is 5.82 Å². The van der Waals surface area contributed by atoms with Gasteiger partial charge in [0.15, 0.2) is 11.1 Å². The van der Waals surface area contributed by atoms with Gasteiger partial charge in [-0.25, -0.2) is 4.99 Å². The molecule has 0 aliphatic carbocycles. The van der Waals surface area contributed by atoms with Gasteiger partial charge in [-0.3, -0.25) is 0 Å². The van der Waals surface area contributed by atoms with E-state index in [0.29, 0.717) is 10.7 Å². The van der Waals surface area contributed by atoms with Crippen molar-refractivity contribution >= 4 is 41.0 Å². The third-order valence-electron chi connectivity index (χ3n) is 2.65. The zero-order valence-corrected chi connectivity index (χ0v) is 13.6. The minimum atomic E-state index is -0.165. The highest BCUT2D eigenvalue weighted by Gasteiger charge is 2.11. The highest BCUT2D eigenvalue weighted by atomic mass is 35.5. The third-order valence-corrected chi connectivity index (χ3v) is 3.99. The molecular weight excluding hydrogens is 324 g/mol. The molecule has 0 bridgehead atoms. The van der Waals surface area contributed by atoms with Gasteiger partial charge in [-0.15, -0.1) is 10.2 Å². The Morgan fingerprint density at radius 2 is 2.00 bits per heavy atom. The predicted octanol–water partition coefficient (Wildman–Crippen LogP) is 1.15. The molecular formula is C12H15ClN8S. The number of halogens is 1. The van der Waals surface area contributed by atoms with Crippen LogP contribution in [0.15, 0.2) is 38.2 Å². The molecule has 0 amide bonds. The van der Waals surface area contributed by atoms with Crippen LogP contribution in [0.4, 0.5) is 5.69 Å². The van der Waals surface area contributed by atoms with E-state index >= 15 is 0 Å². The first-order chi connectivity index (χ1) is 10.4. The molecule has 0 radical (unpaired) electrons. The van der Waals surface area contributed by atoms with Gasteiger partial charge in [-0.1, -0.05) is 11.6 Å². The van der Waals surface area contributed by atoms with Crippen molar-refractivity contribution < 1.29 is 0 Å². The molecule has 10 heteroatoms. The molecule has 0 unspecified atom stereocenters. The lowest BCUT2D eigenvalue weighted by Crippen LogP contribution is -2.26. The van der Waals surface area contributed by atoms with Crippen LogP contribution < -0.4 is 17.2 Å². The first-order valence-corrected chi connectivity index (χ1v) is 7.33. The van der Waals surface area contributed by atoms with Crippen LogP contribution in [0, 0.1) is 6.92 Å². The second-order valence-electron chi connectivity index (χ2n) is 4.31. The van der Waals surface area contributed by atoms with E-state index in [1.165, 1.54) is 11.8 Å². The lowest BCUT2D eigenvalue weighted by atomic mass is 10.3. The molecule has 1 aromatic heterocycles. The normalized spacial score (nSPS) is 11.5. The number of hydrogen-bond acceptors (Lipinski definition) is 4. The average Bonchev–Trinajstić information content (AvgIpc) is 2.72. The summed E-state index contributed by atoms with van der Waals surface area (Å²) in [5.74, 6) is 0.584. The summed E-state index contributed by atoms with van der Waals surface area (Å²) in [5, 5.41) is 9.35. The quantitative estimate of drug-likeness (QED) is 0.567. The van der Waals surface area contributed by atoms with Crippen LogP contribution in [0.3, 0.4) is 0 Å². The summed E-state index contributed by atoms with van der Waals surface area (Å²) in [6, 6.07) is 5.24. The number of aromatic nitrogens is 3. The maximum atomic E-state index is 6.01. The molecule has 2 aromatic rings. The summed E-state index contributed by atoms with van der Waals surface area (Å²) in [4.78, 5) is 8.66. The van der Waals surface area contributed by atoms with E-state index in [9.17, 15) is 0 Å². The van der Waals surface area contributed by atoms with Crippen molar-refractivity contribution in [2.24, 2.45) is 34.2 Å². The topological polar surface area (TPSA) is 133 Å². The summed E-state index contributed by atoms with van der Waals surface area (Å²) in [5.41, 5.74) is 16.8. The van der Waals surface area contributed by atoms with Gasteiger partial charge in [0, 0.05) is 17.0 Å². The fourth-order valence-corrected chi connectivity index (χ4v) is 2.58. The largest absolute Gasteiger partial charge is 0.370 e. The summed E-state index contributed by atoms with van der Waals surface area (Å²) < 4.78 is 1.87. The second-order valence-corrected chi connectivity index (χ2v) is 5.76. The summed E-state index contributed by atoms with van der Waals surface area (Å²) in [7, 11) is 1.88. The Morgan fingerprint density at radius 3 is 2.59 bits per heavy atom. The molecule has 2 rings (SSSR count). The number of benzene rings is 1. The first-order valence-electron chi connectivity index (χ1n) is 6.14. The van der Waals surface area contributed by atoms with Crippen molar-refractivity contribution in [1.29, 1.82) is 0 Å². The zero-order chi connectivity index (χ0) is 16.3. The van der Waals surface area contributed by atoms with E-state index < -0.39 is 0 Å². The molecule has 0 saturated carbocycles. The van der Waals surface area contributed by atoms with Crippen molar-refractivity contribution in [3.63, 3.8) is 0 Å². The van der Waals surface area contributed by atoms with E-state index in [1.54, 1.807) is 12.1 Å². The van der Waals surface area contributed by atoms with Gasteiger partial charge < -0.3 is 21.8 Å². The standard InChI is InChI=1S/C12H15ClN8S/c1-6-19-20-12(21(6)2)22-9-4-3-7(13)5-8(9)17-11(16)18-10(14)15/h3-5H,1-2H3,(H6,14,15,16,17,18). The van der Waals surface area contributed by atoms with E-state index in [2.05, 4.69) is 20.2 Å².